The molecule has 2 N–H and O–H groups in total. The number of amides is 1. The van der Waals surface area contributed by atoms with Crippen LogP contribution in [0.2, 0.25) is 0 Å². The van der Waals surface area contributed by atoms with Crippen molar-refractivity contribution in [2.24, 2.45) is 0 Å². The van der Waals surface area contributed by atoms with Gasteiger partial charge in [-0.3, -0.25) is 4.79 Å². The number of phenolic OH excluding ortho intramolecular Hbond substituents is 1. The number of halogens is 3. The van der Waals surface area contributed by atoms with Crippen LogP contribution in [-0.4, -0.2) is 41.9 Å². The zero-order valence-electron chi connectivity index (χ0n) is 17.2. The standard InChI is InChI=1S/C21H16F3N3O6S/c22-21(23,24)18-10-15(12-4-5-16-17(8-12)33-11-32-16)26-20(27-18)34(30,31)7-6-19(29)25-13-2-1-3-14(28)9-13/h1-5,8-10,28H,6-7,11H2,(H,25,29). The first-order valence-electron chi connectivity index (χ1n) is 9.69. The number of carbonyl (C=O) groups excluding carboxylic acids is 1. The third kappa shape index (κ3) is 5.20. The average Bonchev–Trinajstić information content (AvgIpc) is 3.25. The van der Waals surface area contributed by atoms with Crippen LogP contribution < -0.4 is 14.8 Å². The fourth-order valence-corrected chi connectivity index (χ4v) is 4.15. The lowest BCUT2D eigenvalue weighted by Crippen LogP contribution is -2.20. The zero-order chi connectivity index (χ0) is 24.5. The average molecular weight is 495 g/mol. The van der Waals surface area contributed by atoms with Crippen LogP contribution >= 0.6 is 0 Å². The molecule has 0 unspecified atom stereocenters. The van der Waals surface area contributed by atoms with Gasteiger partial charge in [-0.05, 0) is 36.4 Å². The van der Waals surface area contributed by atoms with Crippen molar-refractivity contribution >= 4 is 21.4 Å². The Labute approximate surface area is 191 Å². The summed E-state index contributed by atoms with van der Waals surface area (Å²) >= 11 is 0. The van der Waals surface area contributed by atoms with Crippen LogP contribution in [0.3, 0.4) is 0 Å². The van der Waals surface area contributed by atoms with Gasteiger partial charge in [-0.15, -0.1) is 0 Å². The lowest BCUT2D eigenvalue weighted by Gasteiger charge is -2.11. The number of carbonyl (C=O) groups is 1. The molecule has 0 saturated heterocycles. The smallest absolute Gasteiger partial charge is 0.433 e. The number of hydrogen-bond acceptors (Lipinski definition) is 8. The number of rotatable bonds is 6. The van der Waals surface area contributed by atoms with E-state index in [9.17, 15) is 31.5 Å². The Kier molecular flexibility index (Phi) is 6.04. The van der Waals surface area contributed by atoms with Crippen LogP contribution in [0, 0.1) is 0 Å². The van der Waals surface area contributed by atoms with E-state index in [0.29, 0.717) is 11.8 Å². The number of alkyl halides is 3. The van der Waals surface area contributed by atoms with Gasteiger partial charge in [0.05, 0.1) is 11.4 Å². The third-order valence-electron chi connectivity index (χ3n) is 4.67. The van der Waals surface area contributed by atoms with Crippen molar-refractivity contribution in [1.29, 1.82) is 0 Å². The van der Waals surface area contributed by atoms with Gasteiger partial charge in [-0.25, -0.2) is 18.4 Å². The molecule has 1 amide bonds. The minimum Gasteiger partial charge on any atom is -0.508 e. The van der Waals surface area contributed by atoms with Crippen molar-refractivity contribution < 1.29 is 41.0 Å². The number of benzene rings is 2. The maximum atomic E-state index is 13.4. The Bertz CT molecular complexity index is 1360. The number of aromatic hydroxyl groups is 1. The van der Waals surface area contributed by atoms with Crippen LogP contribution in [0.5, 0.6) is 17.2 Å². The van der Waals surface area contributed by atoms with Crippen LogP contribution in [0.15, 0.2) is 53.7 Å². The third-order valence-corrected chi connectivity index (χ3v) is 6.15. The van der Waals surface area contributed by atoms with Crippen LogP contribution in [-0.2, 0) is 20.8 Å². The first kappa shape index (κ1) is 23.3. The van der Waals surface area contributed by atoms with E-state index in [4.69, 9.17) is 9.47 Å². The van der Waals surface area contributed by atoms with E-state index in [0.717, 1.165) is 0 Å². The van der Waals surface area contributed by atoms with Crippen molar-refractivity contribution in [3.05, 3.63) is 54.2 Å². The first-order chi connectivity index (χ1) is 16.0. The number of nitrogens with one attached hydrogen (secondary N) is 1. The molecule has 4 rings (SSSR count). The Balaban J connectivity index is 1.60. The van der Waals surface area contributed by atoms with Gasteiger partial charge in [0, 0.05) is 23.7 Å². The summed E-state index contributed by atoms with van der Waals surface area (Å²) in [6.45, 7) is -0.0549. The number of anilines is 1. The lowest BCUT2D eigenvalue weighted by molar-refractivity contribution is -0.141. The molecule has 1 aliphatic rings. The molecule has 2 heterocycles. The summed E-state index contributed by atoms with van der Waals surface area (Å²) in [5, 5.41) is 10.8. The molecule has 3 aromatic rings. The van der Waals surface area contributed by atoms with Gasteiger partial charge in [-0.2, -0.15) is 13.2 Å². The van der Waals surface area contributed by atoms with E-state index in [2.05, 4.69) is 15.3 Å². The van der Waals surface area contributed by atoms with Gasteiger partial charge < -0.3 is 19.9 Å². The summed E-state index contributed by atoms with van der Waals surface area (Å²) in [5.74, 6) is -1.01. The molecule has 0 aliphatic carbocycles. The Morgan fingerprint density at radius 2 is 1.82 bits per heavy atom. The zero-order valence-corrected chi connectivity index (χ0v) is 18.0. The number of ether oxygens (including phenoxy) is 2. The minimum absolute atomic E-state index is 0.0549. The van der Waals surface area contributed by atoms with Gasteiger partial charge in [-0.1, -0.05) is 6.07 Å². The monoisotopic (exact) mass is 495 g/mol. The van der Waals surface area contributed by atoms with Gasteiger partial charge >= 0.3 is 6.18 Å². The molecular weight excluding hydrogens is 479 g/mol. The van der Waals surface area contributed by atoms with Crippen LogP contribution in [0.4, 0.5) is 18.9 Å². The van der Waals surface area contributed by atoms with Gasteiger partial charge in [0.2, 0.25) is 27.7 Å². The molecule has 2 aromatic carbocycles. The molecule has 0 fully saturated rings. The highest BCUT2D eigenvalue weighted by Crippen LogP contribution is 2.37. The Hall–Kier alpha value is -3.87. The molecule has 1 aliphatic heterocycles. The SMILES string of the molecule is O=C(CCS(=O)(=O)c1nc(-c2ccc3c(c2)OCO3)cc(C(F)(F)F)n1)Nc1cccc(O)c1. The largest absolute Gasteiger partial charge is 0.508 e. The lowest BCUT2D eigenvalue weighted by atomic mass is 10.1. The van der Waals surface area contributed by atoms with Crippen molar-refractivity contribution in [3.8, 4) is 28.5 Å². The second kappa shape index (κ2) is 8.82. The summed E-state index contributed by atoms with van der Waals surface area (Å²) < 4.78 is 76.2. The van der Waals surface area contributed by atoms with Crippen LogP contribution in [0.25, 0.3) is 11.3 Å². The van der Waals surface area contributed by atoms with E-state index in [1.54, 1.807) is 0 Å². The Morgan fingerprint density at radius 1 is 1.06 bits per heavy atom. The van der Waals surface area contributed by atoms with E-state index >= 15 is 0 Å². The predicted molar refractivity (Wildman–Crippen MR) is 112 cm³/mol. The highest BCUT2D eigenvalue weighted by molar-refractivity contribution is 7.91. The highest BCUT2D eigenvalue weighted by Gasteiger charge is 2.35. The molecule has 0 radical (unpaired) electrons. The molecule has 0 bridgehead atoms. The minimum atomic E-state index is -4.94. The number of sulfone groups is 1. The summed E-state index contributed by atoms with van der Waals surface area (Å²) in [4.78, 5) is 19.2. The van der Waals surface area contributed by atoms with Gasteiger partial charge in [0.15, 0.2) is 11.5 Å². The van der Waals surface area contributed by atoms with E-state index in [-0.39, 0.29) is 35.2 Å². The highest BCUT2D eigenvalue weighted by atomic mass is 32.2. The summed E-state index contributed by atoms with van der Waals surface area (Å²) in [7, 11) is -4.47. The maximum absolute atomic E-state index is 13.4. The molecule has 178 valence electrons. The fourth-order valence-electron chi connectivity index (χ4n) is 3.04. The van der Waals surface area contributed by atoms with Gasteiger partial charge in [0.25, 0.3) is 0 Å². The summed E-state index contributed by atoms with van der Waals surface area (Å²) in [6, 6.07) is 10.5. The number of aromatic nitrogens is 2. The Morgan fingerprint density at radius 3 is 2.56 bits per heavy atom. The van der Waals surface area contributed by atoms with E-state index in [1.165, 1.54) is 42.5 Å². The maximum Gasteiger partial charge on any atom is 0.433 e. The molecule has 0 atom stereocenters. The normalized spacial score (nSPS) is 13.0. The molecule has 1 aromatic heterocycles. The quantitative estimate of drug-likeness (QED) is 0.498. The van der Waals surface area contributed by atoms with Crippen molar-refractivity contribution in [3.63, 3.8) is 0 Å². The molecule has 13 heteroatoms. The number of fused-ring (bicyclic) bond motifs is 1. The van der Waals surface area contributed by atoms with Crippen molar-refractivity contribution in [2.75, 3.05) is 17.9 Å². The van der Waals surface area contributed by atoms with Gasteiger partial charge in [0.1, 0.15) is 11.4 Å². The topological polar surface area (TPSA) is 128 Å². The molecule has 34 heavy (non-hydrogen) atoms. The van der Waals surface area contributed by atoms with Crippen LogP contribution in [0.1, 0.15) is 12.1 Å². The number of phenols is 1. The fraction of sp³-hybridized carbons (Fsp3) is 0.190. The molecule has 9 nitrogen and oxygen atoms in total. The summed E-state index contributed by atoms with van der Waals surface area (Å²) in [5.41, 5.74) is -1.35. The van der Waals surface area contributed by atoms with Crippen molar-refractivity contribution in [2.45, 2.75) is 17.8 Å². The summed E-state index contributed by atoms with van der Waals surface area (Å²) in [6.07, 6.45) is -5.51. The molecule has 0 saturated carbocycles. The number of nitrogens with zero attached hydrogens (tertiary/aromatic N) is 2. The van der Waals surface area contributed by atoms with E-state index < -0.39 is 44.9 Å². The predicted octanol–water partition coefficient (Wildman–Crippen LogP) is 3.40. The first-order valence-corrected chi connectivity index (χ1v) is 11.3. The van der Waals surface area contributed by atoms with Crippen molar-refractivity contribution in [1.82, 2.24) is 9.97 Å². The number of hydrogen-bond donors (Lipinski definition) is 2. The second-order valence-corrected chi connectivity index (χ2v) is 9.16. The molecular formula is C21H16F3N3O6S. The second-order valence-electron chi connectivity index (χ2n) is 7.15. The molecule has 0 spiro atoms. The van der Waals surface area contributed by atoms with E-state index in [1.807, 2.05) is 0 Å².